The molecule has 0 amide bonds. The standard InChI is InChI=1S/C15H16O3/c1-11-6-2-3-7-12(11)14(17)10-18-15-9-5-4-8-13(15)16/h2-9,14,16-17H,10H2,1H3. The van der Waals surface area contributed by atoms with E-state index in [4.69, 9.17) is 4.74 Å². The third-order valence-electron chi connectivity index (χ3n) is 2.81. The van der Waals surface area contributed by atoms with Crippen molar-refractivity contribution in [3.8, 4) is 11.5 Å². The van der Waals surface area contributed by atoms with Crippen LogP contribution in [0, 0.1) is 6.92 Å². The third-order valence-corrected chi connectivity index (χ3v) is 2.81. The molecule has 1 unspecified atom stereocenters. The van der Waals surface area contributed by atoms with Gasteiger partial charge in [-0.3, -0.25) is 0 Å². The number of aromatic hydroxyl groups is 1. The molecule has 0 spiro atoms. The van der Waals surface area contributed by atoms with Crippen LogP contribution in [-0.2, 0) is 0 Å². The van der Waals surface area contributed by atoms with Gasteiger partial charge in [0, 0.05) is 0 Å². The summed E-state index contributed by atoms with van der Waals surface area (Å²) in [5.74, 6) is 0.458. The summed E-state index contributed by atoms with van der Waals surface area (Å²) in [4.78, 5) is 0. The molecule has 2 aromatic carbocycles. The van der Waals surface area contributed by atoms with Crippen LogP contribution in [0.1, 0.15) is 17.2 Å². The third kappa shape index (κ3) is 2.81. The molecular weight excluding hydrogens is 228 g/mol. The first kappa shape index (κ1) is 12.5. The van der Waals surface area contributed by atoms with Gasteiger partial charge in [0.1, 0.15) is 12.7 Å². The van der Waals surface area contributed by atoms with E-state index in [9.17, 15) is 10.2 Å². The van der Waals surface area contributed by atoms with E-state index in [-0.39, 0.29) is 12.4 Å². The van der Waals surface area contributed by atoms with Gasteiger partial charge >= 0.3 is 0 Å². The highest BCUT2D eigenvalue weighted by molar-refractivity contribution is 5.38. The predicted molar refractivity (Wildman–Crippen MR) is 69.7 cm³/mol. The van der Waals surface area contributed by atoms with Gasteiger partial charge in [-0.15, -0.1) is 0 Å². The van der Waals surface area contributed by atoms with Gasteiger partial charge in [-0.05, 0) is 30.2 Å². The van der Waals surface area contributed by atoms with Gasteiger partial charge in [0.05, 0.1) is 0 Å². The molecule has 0 saturated carbocycles. The van der Waals surface area contributed by atoms with Gasteiger partial charge in [-0.2, -0.15) is 0 Å². The number of aryl methyl sites for hydroxylation is 1. The van der Waals surface area contributed by atoms with E-state index in [1.807, 2.05) is 31.2 Å². The number of aliphatic hydroxyl groups is 1. The Morgan fingerprint density at radius 3 is 2.44 bits per heavy atom. The van der Waals surface area contributed by atoms with Crippen molar-refractivity contribution >= 4 is 0 Å². The van der Waals surface area contributed by atoms with Crippen molar-refractivity contribution < 1.29 is 14.9 Å². The molecule has 0 heterocycles. The van der Waals surface area contributed by atoms with E-state index in [0.29, 0.717) is 5.75 Å². The zero-order valence-corrected chi connectivity index (χ0v) is 10.2. The molecule has 2 aromatic rings. The molecule has 2 N–H and O–H groups in total. The van der Waals surface area contributed by atoms with Gasteiger partial charge in [0.15, 0.2) is 11.5 Å². The van der Waals surface area contributed by atoms with Crippen LogP contribution in [0.15, 0.2) is 48.5 Å². The summed E-state index contributed by atoms with van der Waals surface area (Å²) in [5.41, 5.74) is 1.86. The molecule has 0 saturated heterocycles. The smallest absolute Gasteiger partial charge is 0.161 e. The first-order valence-electron chi connectivity index (χ1n) is 5.83. The molecule has 3 heteroatoms. The Kier molecular flexibility index (Phi) is 3.85. The molecule has 0 aliphatic carbocycles. The second-order valence-corrected chi connectivity index (χ2v) is 4.15. The highest BCUT2D eigenvalue weighted by Crippen LogP contribution is 2.26. The molecule has 94 valence electrons. The summed E-state index contributed by atoms with van der Waals surface area (Å²) in [6.07, 6.45) is -0.703. The van der Waals surface area contributed by atoms with Crippen molar-refractivity contribution in [1.29, 1.82) is 0 Å². The van der Waals surface area contributed by atoms with E-state index in [0.717, 1.165) is 11.1 Å². The van der Waals surface area contributed by atoms with E-state index in [2.05, 4.69) is 0 Å². The van der Waals surface area contributed by atoms with Gasteiger partial charge in [0.25, 0.3) is 0 Å². The maximum atomic E-state index is 10.0. The molecule has 0 bridgehead atoms. The van der Waals surface area contributed by atoms with Crippen LogP contribution in [-0.4, -0.2) is 16.8 Å². The fraction of sp³-hybridized carbons (Fsp3) is 0.200. The monoisotopic (exact) mass is 244 g/mol. The molecule has 0 aromatic heterocycles. The molecule has 0 aliphatic rings. The van der Waals surface area contributed by atoms with Crippen LogP contribution in [0.2, 0.25) is 0 Å². The van der Waals surface area contributed by atoms with E-state index in [1.54, 1.807) is 24.3 Å². The number of rotatable bonds is 4. The van der Waals surface area contributed by atoms with Crippen LogP contribution in [0.5, 0.6) is 11.5 Å². The second-order valence-electron chi connectivity index (χ2n) is 4.15. The topological polar surface area (TPSA) is 49.7 Å². The summed E-state index contributed by atoms with van der Waals surface area (Å²) in [6, 6.07) is 14.3. The van der Waals surface area contributed by atoms with E-state index < -0.39 is 6.10 Å². The number of hydrogen-bond acceptors (Lipinski definition) is 3. The van der Waals surface area contributed by atoms with Crippen LogP contribution in [0.25, 0.3) is 0 Å². The lowest BCUT2D eigenvalue weighted by Gasteiger charge is -2.15. The zero-order chi connectivity index (χ0) is 13.0. The van der Waals surface area contributed by atoms with Crippen LogP contribution < -0.4 is 4.74 Å². The number of phenols is 1. The fourth-order valence-electron chi connectivity index (χ4n) is 1.80. The van der Waals surface area contributed by atoms with Crippen molar-refractivity contribution in [3.05, 3.63) is 59.7 Å². The number of benzene rings is 2. The molecule has 2 rings (SSSR count). The van der Waals surface area contributed by atoms with Crippen LogP contribution in [0.3, 0.4) is 0 Å². The molecular formula is C15H16O3. The van der Waals surface area contributed by atoms with E-state index in [1.165, 1.54) is 0 Å². The molecule has 0 aliphatic heterocycles. The van der Waals surface area contributed by atoms with Crippen molar-refractivity contribution in [2.24, 2.45) is 0 Å². The predicted octanol–water partition coefficient (Wildman–Crippen LogP) is 2.81. The number of hydrogen-bond donors (Lipinski definition) is 2. The van der Waals surface area contributed by atoms with Crippen molar-refractivity contribution in [2.45, 2.75) is 13.0 Å². The van der Waals surface area contributed by atoms with Crippen molar-refractivity contribution in [3.63, 3.8) is 0 Å². The maximum absolute atomic E-state index is 10.0. The minimum atomic E-state index is -0.703. The number of para-hydroxylation sites is 2. The van der Waals surface area contributed by atoms with Gasteiger partial charge in [0.2, 0.25) is 0 Å². The summed E-state index contributed by atoms with van der Waals surface area (Å²) < 4.78 is 5.41. The van der Waals surface area contributed by atoms with Crippen molar-refractivity contribution in [1.82, 2.24) is 0 Å². The average molecular weight is 244 g/mol. The summed E-state index contributed by atoms with van der Waals surface area (Å²) in [6.45, 7) is 2.06. The van der Waals surface area contributed by atoms with Crippen LogP contribution >= 0.6 is 0 Å². The Bertz CT molecular complexity index is 523. The summed E-state index contributed by atoms with van der Waals surface area (Å²) in [7, 11) is 0. The highest BCUT2D eigenvalue weighted by Gasteiger charge is 2.11. The lowest BCUT2D eigenvalue weighted by Crippen LogP contribution is -2.10. The molecule has 3 nitrogen and oxygen atoms in total. The largest absolute Gasteiger partial charge is 0.504 e. The molecule has 1 atom stereocenters. The zero-order valence-electron chi connectivity index (χ0n) is 10.2. The molecule has 0 fully saturated rings. The van der Waals surface area contributed by atoms with E-state index >= 15 is 0 Å². The van der Waals surface area contributed by atoms with Gasteiger partial charge in [-0.1, -0.05) is 36.4 Å². The van der Waals surface area contributed by atoms with Gasteiger partial charge < -0.3 is 14.9 Å². The highest BCUT2D eigenvalue weighted by atomic mass is 16.5. The average Bonchev–Trinajstić information content (AvgIpc) is 2.38. The Morgan fingerprint density at radius 1 is 1.06 bits per heavy atom. The first-order valence-corrected chi connectivity index (χ1v) is 5.83. The SMILES string of the molecule is Cc1ccccc1C(O)COc1ccccc1O. The Morgan fingerprint density at radius 2 is 1.72 bits per heavy atom. The molecule has 0 radical (unpaired) electrons. The normalized spacial score (nSPS) is 12.1. The number of aliphatic hydroxyl groups excluding tert-OH is 1. The minimum absolute atomic E-state index is 0.0782. The lowest BCUT2D eigenvalue weighted by molar-refractivity contribution is 0.106. The molecule has 18 heavy (non-hydrogen) atoms. The van der Waals surface area contributed by atoms with Gasteiger partial charge in [-0.25, -0.2) is 0 Å². The number of ether oxygens (including phenoxy) is 1. The minimum Gasteiger partial charge on any atom is -0.504 e. The number of phenolic OH excluding ortho intramolecular Hbond substituents is 1. The maximum Gasteiger partial charge on any atom is 0.161 e. The quantitative estimate of drug-likeness (QED) is 0.869. The van der Waals surface area contributed by atoms with Crippen LogP contribution in [0.4, 0.5) is 0 Å². The second kappa shape index (κ2) is 5.56. The Labute approximate surface area is 106 Å². The fourth-order valence-corrected chi connectivity index (χ4v) is 1.80. The summed E-state index contributed by atoms with van der Waals surface area (Å²) in [5, 5.41) is 19.6. The van der Waals surface area contributed by atoms with Crippen molar-refractivity contribution in [2.75, 3.05) is 6.61 Å². The Balaban J connectivity index is 2.03. The lowest BCUT2D eigenvalue weighted by atomic mass is 10.0. The Hall–Kier alpha value is -2.00. The first-order chi connectivity index (χ1) is 8.68. The summed E-state index contributed by atoms with van der Waals surface area (Å²) >= 11 is 0.